The number of carbonyl (C=O) groups excluding carboxylic acids is 1. The minimum Gasteiger partial charge on any atom is -0.497 e. The summed E-state index contributed by atoms with van der Waals surface area (Å²) in [6, 6.07) is 11.3. The number of likely N-dealkylation sites (N-methyl/N-ethyl adjacent to an activating group) is 1. The van der Waals surface area contributed by atoms with Gasteiger partial charge >= 0.3 is 5.97 Å². The molecule has 0 unspecified atom stereocenters. The number of carbonyl (C=O) groups is 1. The number of ether oxygens (including phenoxy) is 3. The zero-order valence-electron chi connectivity index (χ0n) is 15.8. The van der Waals surface area contributed by atoms with Crippen LogP contribution in [0.5, 0.6) is 11.5 Å². The number of hydrogen-bond donors (Lipinski definition) is 0. The number of halogens is 1. The van der Waals surface area contributed by atoms with Crippen LogP contribution < -0.4 is 9.47 Å². The van der Waals surface area contributed by atoms with Gasteiger partial charge in [0.15, 0.2) is 0 Å². The predicted molar refractivity (Wildman–Crippen MR) is 108 cm³/mol. The van der Waals surface area contributed by atoms with Gasteiger partial charge in [-0.05, 0) is 65.3 Å². The highest BCUT2D eigenvalue weighted by atomic mass is 79.9. The first-order valence-electron chi connectivity index (χ1n) is 8.49. The van der Waals surface area contributed by atoms with Crippen LogP contribution in [-0.4, -0.2) is 52.6 Å². The molecule has 0 bridgehead atoms. The van der Waals surface area contributed by atoms with E-state index in [0.717, 1.165) is 0 Å². The first-order valence-corrected chi connectivity index (χ1v) is 10.7. The van der Waals surface area contributed by atoms with Gasteiger partial charge in [-0.2, -0.15) is 4.31 Å². The highest BCUT2D eigenvalue weighted by Crippen LogP contribution is 2.26. The van der Waals surface area contributed by atoms with Crippen LogP contribution in [-0.2, 0) is 14.8 Å². The molecule has 0 aromatic heterocycles. The number of hydrogen-bond acceptors (Lipinski definition) is 6. The fraction of sp³-hybridized carbons (Fsp3) is 0.316. The second-order valence-corrected chi connectivity index (χ2v) is 8.58. The Labute approximate surface area is 173 Å². The summed E-state index contributed by atoms with van der Waals surface area (Å²) in [6.45, 7) is 2.28. The van der Waals surface area contributed by atoms with Gasteiger partial charge in [0.25, 0.3) is 0 Å². The Kier molecular flexibility index (Phi) is 7.85. The zero-order valence-corrected chi connectivity index (χ0v) is 18.2. The van der Waals surface area contributed by atoms with Crippen LogP contribution in [0.2, 0.25) is 0 Å². The maximum absolute atomic E-state index is 12.8. The molecule has 28 heavy (non-hydrogen) atoms. The summed E-state index contributed by atoms with van der Waals surface area (Å²) in [4.78, 5) is 11.8. The summed E-state index contributed by atoms with van der Waals surface area (Å²) < 4.78 is 42.7. The van der Waals surface area contributed by atoms with Crippen molar-refractivity contribution < 1.29 is 27.4 Å². The normalized spacial score (nSPS) is 11.3. The first kappa shape index (κ1) is 22.2. The highest BCUT2D eigenvalue weighted by molar-refractivity contribution is 9.10. The van der Waals surface area contributed by atoms with Crippen LogP contribution in [0.15, 0.2) is 51.8 Å². The maximum atomic E-state index is 12.8. The highest BCUT2D eigenvalue weighted by Gasteiger charge is 2.24. The van der Waals surface area contributed by atoms with Crippen molar-refractivity contribution in [1.82, 2.24) is 4.31 Å². The smallest absolute Gasteiger partial charge is 0.338 e. The van der Waals surface area contributed by atoms with Gasteiger partial charge in [0, 0.05) is 18.1 Å². The Morgan fingerprint density at radius 3 is 2.32 bits per heavy atom. The lowest BCUT2D eigenvalue weighted by molar-refractivity contribution is 0.0526. The van der Waals surface area contributed by atoms with Crippen molar-refractivity contribution in [2.75, 3.05) is 33.9 Å². The van der Waals surface area contributed by atoms with E-state index < -0.39 is 16.0 Å². The molecule has 0 aliphatic carbocycles. The molecule has 0 fully saturated rings. The molecule has 0 saturated carbocycles. The third kappa shape index (κ3) is 5.46. The van der Waals surface area contributed by atoms with Crippen molar-refractivity contribution in [2.24, 2.45) is 0 Å². The Balaban J connectivity index is 2.03. The van der Waals surface area contributed by atoms with Gasteiger partial charge in [-0.3, -0.25) is 0 Å². The van der Waals surface area contributed by atoms with E-state index in [1.807, 2.05) is 0 Å². The topological polar surface area (TPSA) is 82.1 Å². The SMILES string of the molecule is CCOC(=O)c1ccc(S(=O)(=O)N(C)CCOc2ccc(OC)cc2)c(Br)c1. The molecule has 0 heterocycles. The molecule has 2 rings (SSSR count). The first-order chi connectivity index (χ1) is 13.3. The standard InChI is InChI=1S/C19H22BrNO6S/c1-4-26-19(22)14-5-10-18(17(20)13-14)28(23,24)21(2)11-12-27-16-8-6-15(25-3)7-9-16/h5-10,13H,4,11-12H2,1-3H3. The molecule has 0 amide bonds. The minimum atomic E-state index is -3.76. The molecule has 2 aromatic carbocycles. The molecular weight excluding hydrogens is 450 g/mol. The number of sulfonamides is 1. The molecule has 2 aromatic rings. The number of benzene rings is 2. The number of esters is 1. The summed E-state index contributed by atoms with van der Waals surface area (Å²) in [6.07, 6.45) is 0. The van der Waals surface area contributed by atoms with Crippen molar-refractivity contribution >= 4 is 31.9 Å². The van der Waals surface area contributed by atoms with Gasteiger partial charge < -0.3 is 14.2 Å². The van der Waals surface area contributed by atoms with Crippen molar-refractivity contribution in [1.29, 1.82) is 0 Å². The van der Waals surface area contributed by atoms with Gasteiger partial charge in [-0.25, -0.2) is 13.2 Å². The largest absolute Gasteiger partial charge is 0.497 e. The van der Waals surface area contributed by atoms with E-state index in [2.05, 4.69) is 15.9 Å². The molecular formula is C19H22BrNO6S. The Hall–Kier alpha value is -2.10. The molecule has 9 heteroatoms. The van der Waals surface area contributed by atoms with Crippen molar-refractivity contribution in [2.45, 2.75) is 11.8 Å². The van der Waals surface area contributed by atoms with Crippen LogP contribution >= 0.6 is 15.9 Å². The molecule has 0 N–H and O–H groups in total. The summed E-state index contributed by atoms with van der Waals surface area (Å²) >= 11 is 3.23. The minimum absolute atomic E-state index is 0.0625. The van der Waals surface area contributed by atoms with Crippen molar-refractivity contribution in [3.8, 4) is 11.5 Å². The molecule has 0 aliphatic rings. The van der Waals surface area contributed by atoms with Crippen LogP contribution in [0.4, 0.5) is 0 Å². The lowest BCUT2D eigenvalue weighted by atomic mass is 10.2. The maximum Gasteiger partial charge on any atom is 0.338 e. The third-order valence-corrected chi connectivity index (χ3v) is 6.70. The van der Waals surface area contributed by atoms with E-state index in [0.29, 0.717) is 16.0 Å². The van der Waals surface area contributed by atoms with E-state index in [4.69, 9.17) is 14.2 Å². The Morgan fingerprint density at radius 1 is 1.11 bits per heavy atom. The van der Waals surface area contributed by atoms with E-state index in [1.54, 1.807) is 38.3 Å². The monoisotopic (exact) mass is 471 g/mol. The molecule has 0 radical (unpaired) electrons. The van der Waals surface area contributed by atoms with Crippen molar-refractivity contribution in [3.05, 3.63) is 52.5 Å². The van der Waals surface area contributed by atoms with Crippen LogP contribution in [0.3, 0.4) is 0 Å². The molecule has 0 spiro atoms. The average molecular weight is 472 g/mol. The second kappa shape index (κ2) is 9.90. The van der Waals surface area contributed by atoms with Gasteiger partial charge in [-0.1, -0.05) is 0 Å². The molecule has 0 saturated heterocycles. The van der Waals surface area contributed by atoms with Gasteiger partial charge in [0.2, 0.25) is 10.0 Å². The van der Waals surface area contributed by atoms with E-state index in [9.17, 15) is 13.2 Å². The molecule has 0 atom stereocenters. The van der Waals surface area contributed by atoms with E-state index >= 15 is 0 Å². The zero-order chi connectivity index (χ0) is 20.7. The van der Waals surface area contributed by atoms with Crippen LogP contribution in [0.25, 0.3) is 0 Å². The van der Waals surface area contributed by atoms with E-state index in [-0.39, 0.29) is 30.2 Å². The summed E-state index contributed by atoms with van der Waals surface area (Å²) in [5.74, 6) is 0.822. The van der Waals surface area contributed by atoms with Gasteiger partial charge in [0.1, 0.15) is 18.1 Å². The number of methoxy groups -OCH3 is 1. The lowest BCUT2D eigenvalue weighted by Gasteiger charge is -2.18. The quantitative estimate of drug-likeness (QED) is 0.521. The molecule has 7 nitrogen and oxygen atoms in total. The Morgan fingerprint density at radius 2 is 1.75 bits per heavy atom. The third-order valence-electron chi connectivity index (χ3n) is 3.87. The average Bonchev–Trinajstić information content (AvgIpc) is 2.68. The summed E-state index contributed by atoms with van der Waals surface area (Å²) in [5.41, 5.74) is 0.276. The lowest BCUT2D eigenvalue weighted by Crippen LogP contribution is -2.31. The van der Waals surface area contributed by atoms with Gasteiger partial charge in [-0.15, -0.1) is 0 Å². The van der Waals surface area contributed by atoms with Crippen LogP contribution in [0.1, 0.15) is 17.3 Å². The Bertz CT molecular complexity index is 915. The fourth-order valence-electron chi connectivity index (χ4n) is 2.30. The van der Waals surface area contributed by atoms with E-state index in [1.165, 1.54) is 29.6 Å². The summed E-state index contributed by atoms with van der Waals surface area (Å²) in [7, 11) is -0.708. The number of nitrogens with zero attached hydrogens (tertiary/aromatic N) is 1. The molecule has 152 valence electrons. The van der Waals surface area contributed by atoms with Gasteiger partial charge in [0.05, 0.1) is 24.2 Å². The number of rotatable bonds is 9. The van der Waals surface area contributed by atoms with Crippen LogP contribution in [0, 0.1) is 0 Å². The summed E-state index contributed by atoms with van der Waals surface area (Å²) in [5, 5.41) is 0. The van der Waals surface area contributed by atoms with Crippen molar-refractivity contribution in [3.63, 3.8) is 0 Å². The predicted octanol–water partition coefficient (Wildman–Crippen LogP) is 3.33. The second-order valence-electron chi connectivity index (χ2n) is 5.72. The molecule has 0 aliphatic heterocycles. The fourth-order valence-corrected chi connectivity index (χ4v) is 4.49.